The molecule has 0 aliphatic carbocycles. The van der Waals surface area contributed by atoms with Crippen molar-refractivity contribution in [1.82, 2.24) is 5.01 Å². The second-order valence-electron chi connectivity index (χ2n) is 6.88. The molecule has 0 bridgehead atoms. The highest BCUT2D eigenvalue weighted by Gasteiger charge is 2.42. The summed E-state index contributed by atoms with van der Waals surface area (Å²) in [4.78, 5) is 0. The van der Waals surface area contributed by atoms with E-state index >= 15 is 0 Å². The van der Waals surface area contributed by atoms with E-state index in [1.165, 1.54) is 0 Å². The molecule has 3 heterocycles. The Balaban J connectivity index is 1.63. The van der Waals surface area contributed by atoms with Gasteiger partial charge in [-0.1, -0.05) is 40.9 Å². The van der Waals surface area contributed by atoms with Crippen LogP contribution in [0.4, 0.5) is 0 Å². The lowest BCUT2D eigenvalue weighted by Gasteiger charge is -2.38. The molecule has 2 aliphatic heterocycles. The van der Waals surface area contributed by atoms with E-state index in [0.717, 1.165) is 34.1 Å². The smallest absolute Gasteiger partial charge is 0.215 e. The fraction of sp³-hybridized carbons (Fsp3) is 0.190. The highest BCUT2D eigenvalue weighted by atomic mass is 35.5. The fourth-order valence-electron chi connectivity index (χ4n) is 3.70. The number of hydrazone groups is 1. The Labute approximate surface area is 177 Å². The Bertz CT molecular complexity index is 1110. The van der Waals surface area contributed by atoms with E-state index in [-0.39, 0.29) is 6.04 Å². The van der Waals surface area contributed by atoms with Crippen molar-refractivity contribution in [3.8, 4) is 5.75 Å². The largest absolute Gasteiger partial charge is 0.464 e. The summed E-state index contributed by atoms with van der Waals surface area (Å²) in [5.74, 6) is 2.38. The van der Waals surface area contributed by atoms with Crippen LogP contribution < -0.4 is 4.74 Å². The lowest BCUT2D eigenvalue weighted by molar-refractivity contribution is -0.0189. The zero-order valence-electron chi connectivity index (χ0n) is 14.8. The predicted octanol–water partition coefficient (Wildman–Crippen LogP) is 6.79. The van der Waals surface area contributed by atoms with Gasteiger partial charge in [-0.3, -0.25) is 0 Å². The van der Waals surface area contributed by atoms with Crippen molar-refractivity contribution in [2.24, 2.45) is 5.10 Å². The summed E-state index contributed by atoms with van der Waals surface area (Å²) in [6, 6.07) is 14.9. The van der Waals surface area contributed by atoms with Crippen molar-refractivity contribution in [2.45, 2.75) is 25.6 Å². The first-order valence-electron chi connectivity index (χ1n) is 8.83. The molecular weight excluding hydrogens is 419 g/mol. The van der Waals surface area contributed by atoms with E-state index in [0.29, 0.717) is 21.5 Å². The third-order valence-electron chi connectivity index (χ3n) is 5.01. The first-order valence-corrected chi connectivity index (χ1v) is 9.96. The third-order valence-corrected chi connectivity index (χ3v) is 5.80. The van der Waals surface area contributed by atoms with E-state index in [1.807, 2.05) is 48.3 Å². The Kier molecular flexibility index (Phi) is 4.31. The Morgan fingerprint density at radius 3 is 2.50 bits per heavy atom. The molecule has 0 N–H and O–H groups in total. The minimum absolute atomic E-state index is 0.0281. The second kappa shape index (κ2) is 6.73. The van der Waals surface area contributed by atoms with Crippen LogP contribution in [0, 0.1) is 6.92 Å². The van der Waals surface area contributed by atoms with Crippen molar-refractivity contribution in [3.05, 3.63) is 86.2 Å². The number of nitrogens with zero attached hydrogens (tertiary/aromatic N) is 2. The molecule has 0 radical (unpaired) electrons. The topological polar surface area (TPSA) is 38.0 Å². The summed E-state index contributed by atoms with van der Waals surface area (Å²) in [5.41, 5.74) is 2.66. The van der Waals surface area contributed by atoms with Crippen LogP contribution in [0.5, 0.6) is 5.75 Å². The van der Waals surface area contributed by atoms with Gasteiger partial charge < -0.3 is 9.15 Å². The number of aryl methyl sites for hydroxylation is 1. The molecule has 2 aromatic carbocycles. The number of ether oxygens (including phenoxy) is 1. The molecule has 7 heteroatoms. The molecule has 0 amide bonds. The van der Waals surface area contributed by atoms with Crippen molar-refractivity contribution < 1.29 is 9.15 Å². The van der Waals surface area contributed by atoms with E-state index in [9.17, 15) is 0 Å². The zero-order valence-corrected chi connectivity index (χ0v) is 17.1. The lowest BCUT2D eigenvalue weighted by Crippen LogP contribution is -2.33. The fourth-order valence-corrected chi connectivity index (χ4v) is 4.39. The maximum atomic E-state index is 6.48. The van der Waals surface area contributed by atoms with Crippen molar-refractivity contribution >= 4 is 40.5 Å². The molecule has 0 saturated carbocycles. The zero-order chi connectivity index (χ0) is 19.4. The Morgan fingerprint density at radius 2 is 1.75 bits per heavy atom. The summed E-state index contributed by atoms with van der Waals surface area (Å²) in [6.07, 6.45) is 0.211. The summed E-state index contributed by atoms with van der Waals surface area (Å²) in [5, 5.41) is 8.54. The monoisotopic (exact) mass is 432 g/mol. The normalized spacial score (nSPS) is 20.4. The molecule has 0 saturated heterocycles. The SMILES string of the molecule is Cc1ccc(C2=NN3[C@@H](C2)c2cc(Cl)ccc2O[C@H]3c2ccc(Cl)cc2Cl)o1. The number of halogens is 3. The maximum absolute atomic E-state index is 6.48. The third kappa shape index (κ3) is 2.96. The van der Waals surface area contributed by atoms with Gasteiger partial charge in [-0.2, -0.15) is 5.10 Å². The molecule has 28 heavy (non-hydrogen) atoms. The number of hydrogen-bond acceptors (Lipinski definition) is 4. The van der Waals surface area contributed by atoms with Gasteiger partial charge in [0, 0.05) is 27.6 Å². The van der Waals surface area contributed by atoms with Crippen molar-refractivity contribution in [3.63, 3.8) is 0 Å². The van der Waals surface area contributed by atoms with Crippen molar-refractivity contribution in [1.29, 1.82) is 0 Å². The number of rotatable bonds is 2. The van der Waals surface area contributed by atoms with Gasteiger partial charge in [0.2, 0.25) is 6.23 Å². The number of furan rings is 1. The van der Waals surface area contributed by atoms with Crippen LogP contribution in [-0.2, 0) is 0 Å². The summed E-state index contributed by atoms with van der Waals surface area (Å²) in [7, 11) is 0. The van der Waals surface area contributed by atoms with Gasteiger partial charge >= 0.3 is 0 Å². The van der Waals surface area contributed by atoms with Gasteiger partial charge in [-0.25, -0.2) is 5.01 Å². The lowest BCUT2D eigenvalue weighted by atomic mass is 9.97. The molecular formula is C21H15Cl3N2O2. The van der Waals surface area contributed by atoms with Crippen LogP contribution >= 0.6 is 34.8 Å². The molecule has 0 unspecified atom stereocenters. The van der Waals surface area contributed by atoms with E-state index in [2.05, 4.69) is 0 Å². The van der Waals surface area contributed by atoms with Crippen molar-refractivity contribution in [2.75, 3.05) is 0 Å². The first-order chi connectivity index (χ1) is 13.5. The van der Waals surface area contributed by atoms with Gasteiger partial charge in [0.15, 0.2) is 0 Å². The van der Waals surface area contributed by atoms with Gasteiger partial charge in [0.1, 0.15) is 23.0 Å². The van der Waals surface area contributed by atoms with E-state index < -0.39 is 6.23 Å². The molecule has 1 aromatic heterocycles. The molecule has 2 atom stereocenters. The van der Waals surface area contributed by atoms with Gasteiger partial charge in [0.25, 0.3) is 0 Å². The van der Waals surface area contributed by atoms with Crippen LogP contribution in [0.3, 0.4) is 0 Å². The Morgan fingerprint density at radius 1 is 0.964 bits per heavy atom. The quantitative estimate of drug-likeness (QED) is 0.446. The minimum Gasteiger partial charge on any atom is -0.464 e. The summed E-state index contributed by atoms with van der Waals surface area (Å²) in [6.45, 7) is 1.92. The van der Waals surface area contributed by atoms with Crippen LogP contribution in [0.25, 0.3) is 0 Å². The van der Waals surface area contributed by atoms with E-state index in [1.54, 1.807) is 12.1 Å². The summed E-state index contributed by atoms with van der Waals surface area (Å²) < 4.78 is 12.1. The molecule has 4 nitrogen and oxygen atoms in total. The van der Waals surface area contributed by atoms with Crippen LogP contribution in [-0.4, -0.2) is 10.7 Å². The van der Waals surface area contributed by atoms with Gasteiger partial charge in [-0.15, -0.1) is 0 Å². The highest BCUT2D eigenvalue weighted by Crippen LogP contribution is 2.49. The molecule has 0 fully saturated rings. The number of benzene rings is 2. The minimum atomic E-state index is -0.475. The van der Waals surface area contributed by atoms with Crippen LogP contribution in [0.1, 0.15) is 41.3 Å². The molecule has 2 aliphatic rings. The van der Waals surface area contributed by atoms with Gasteiger partial charge in [-0.05, 0) is 49.4 Å². The van der Waals surface area contributed by atoms with Crippen LogP contribution in [0.15, 0.2) is 58.0 Å². The summed E-state index contributed by atoms with van der Waals surface area (Å²) >= 11 is 18.8. The number of fused-ring (bicyclic) bond motifs is 3. The maximum Gasteiger partial charge on any atom is 0.215 e. The molecule has 142 valence electrons. The molecule has 0 spiro atoms. The highest BCUT2D eigenvalue weighted by molar-refractivity contribution is 6.35. The standard InChI is InChI=1S/C21H15Cl3N2O2/c1-11-2-6-20(27-11)17-10-18-15-8-12(22)4-7-19(15)28-21(26(18)25-17)14-5-3-13(23)9-16(14)24/h2-9,18,21H,10H2,1H3/t18-,21-/m0/s1. The average molecular weight is 434 g/mol. The van der Waals surface area contributed by atoms with E-state index in [4.69, 9.17) is 49.1 Å². The first kappa shape index (κ1) is 17.9. The number of hydrogen-bond donors (Lipinski definition) is 0. The second-order valence-corrected chi connectivity index (χ2v) is 8.16. The Hall–Kier alpha value is -2.14. The van der Waals surface area contributed by atoms with Gasteiger partial charge in [0.05, 0.1) is 11.1 Å². The predicted molar refractivity (Wildman–Crippen MR) is 110 cm³/mol. The molecule has 3 aromatic rings. The average Bonchev–Trinajstić information content (AvgIpc) is 3.28. The van der Waals surface area contributed by atoms with Crippen LogP contribution in [0.2, 0.25) is 15.1 Å². The molecule has 5 rings (SSSR count).